The van der Waals surface area contributed by atoms with Crippen molar-refractivity contribution in [3.05, 3.63) is 133 Å². The van der Waals surface area contributed by atoms with Gasteiger partial charge in [-0.1, -0.05) is 98.5 Å². The van der Waals surface area contributed by atoms with Gasteiger partial charge >= 0.3 is 5.89 Å². The molecule has 0 unspecified atom stereocenters. The summed E-state index contributed by atoms with van der Waals surface area (Å²) in [6.45, 7) is 0.905. The average Bonchev–Trinajstić information content (AvgIpc) is 3.64. The molecule has 0 saturated carbocycles. The number of unbranched alkanes of at least 4 members (excludes halogenated alkanes) is 2. The van der Waals surface area contributed by atoms with Gasteiger partial charge in [-0.15, -0.1) is 0 Å². The van der Waals surface area contributed by atoms with Crippen LogP contribution in [0.4, 0.5) is 5.69 Å². The van der Waals surface area contributed by atoms with Gasteiger partial charge in [0.15, 0.2) is 12.3 Å². The van der Waals surface area contributed by atoms with Crippen molar-refractivity contribution in [1.29, 1.82) is 0 Å². The Labute approximate surface area is 305 Å². The Morgan fingerprint density at radius 2 is 1.29 bits per heavy atom. The maximum atomic E-state index is 11.2. The van der Waals surface area contributed by atoms with Gasteiger partial charge in [0.25, 0.3) is 5.52 Å². The molecule has 0 N–H and O–H groups in total. The lowest BCUT2D eigenvalue weighted by atomic mass is 10.0. The number of hydrogen-bond acceptors (Lipinski definition) is 9. The second-order valence-corrected chi connectivity index (χ2v) is 15.2. The lowest BCUT2D eigenvalue weighted by molar-refractivity contribution is -0.678. The van der Waals surface area contributed by atoms with Crippen LogP contribution in [0.3, 0.4) is 0 Å². The van der Waals surface area contributed by atoms with E-state index in [2.05, 4.69) is 0 Å². The van der Waals surface area contributed by atoms with Crippen LogP contribution in [0.15, 0.2) is 132 Å². The SMILES string of the molecule is C.O=S(=O)([O-])CCCCN1C(=CC=CC=Cc2oc3ccc(-c4ccccc4)cc3[n+]2CCCCS(=O)(=O)[O-])Oc2ccc(-c3ccccc3)cc21. The normalized spacial score (nSPS) is 14.0. The minimum absolute atomic E-state index is 0. The van der Waals surface area contributed by atoms with E-state index < -0.39 is 31.7 Å². The molecule has 6 rings (SSSR count). The minimum atomic E-state index is -4.30. The fraction of sp³-hybridized carbons (Fsp3) is 0.225. The van der Waals surface area contributed by atoms with E-state index in [0.717, 1.165) is 33.5 Å². The fourth-order valence-electron chi connectivity index (χ4n) is 5.97. The Hall–Kier alpha value is -5.01. The Kier molecular flexibility index (Phi) is 12.5. The van der Waals surface area contributed by atoms with E-state index in [-0.39, 0.29) is 20.3 Å². The van der Waals surface area contributed by atoms with Gasteiger partial charge in [0.2, 0.25) is 11.5 Å². The molecular weight excluding hydrogens is 701 g/mol. The zero-order valence-corrected chi connectivity index (χ0v) is 29.4. The van der Waals surface area contributed by atoms with Crippen molar-refractivity contribution in [2.75, 3.05) is 23.0 Å². The third-order valence-electron chi connectivity index (χ3n) is 8.43. The van der Waals surface area contributed by atoms with Crippen molar-refractivity contribution in [3.8, 4) is 28.0 Å². The molecule has 4 aromatic carbocycles. The van der Waals surface area contributed by atoms with Gasteiger partial charge in [-0.2, -0.15) is 4.57 Å². The van der Waals surface area contributed by atoms with Gasteiger partial charge in [-0.25, -0.2) is 16.8 Å². The van der Waals surface area contributed by atoms with E-state index in [1.165, 1.54) is 0 Å². The van der Waals surface area contributed by atoms with Crippen LogP contribution in [0.2, 0.25) is 0 Å². The highest BCUT2D eigenvalue weighted by Gasteiger charge is 2.26. The van der Waals surface area contributed by atoms with Gasteiger partial charge in [0.05, 0.1) is 32.0 Å². The van der Waals surface area contributed by atoms with Crippen molar-refractivity contribution in [1.82, 2.24) is 0 Å². The summed E-state index contributed by atoms with van der Waals surface area (Å²) >= 11 is 0. The Balaban J connectivity index is 0.00000523. The Morgan fingerprint density at radius 1 is 0.673 bits per heavy atom. The van der Waals surface area contributed by atoms with Crippen LogP contribution in [0.5, 0.6) is 5.75 Å². The summed E-state index contributed by atoms with van der Waals surface area (Å²) < 4.78 is 81.5. The summed E-state index contributed by atoms with van der Waals surface area (Å²) in [4.78, 5) is 1.98. The second kappa shape index (κ2) is 17.0. The van der Waals surface area contributed by atoms with Crippen molar-refractivity contribution in [2.45, 2.75) is 39.7 Å². The first-order valence-electron chi connectivity index (χ1n) is 16.6. The topological polar surface area (TPSA) is 144 Å². The minimum Gasteiger partial charge on any atom is -0.748 e. The third-order valence-corrected chi connectivity index (χ3v) is 10.0. The van der Waals surface area contributed by atoms with Crippen molar-refractivity contribution >= 4 is 43.1 Å². The third kappa shape index (κ3) is 10.1. The quantitative estimate of drug-likeness (QED) is 0.0457. The van der Waals surface area contributed by atoms with E-state index >= 15 is 0 Å². The molecule has 0 saturated heterocycles. The maximum absolute atomic E-state index is 11.2. The zero-order chi connectivity index (χ0) is 35.8. The molecule has 12 heteroatoms. The number of allylic oxidation sites excluding steroid dienone is 4. The van der Waals surface area contributed by atoms with Crippen LogP contribution in [-0.2, 0) is 26.8 Å². The first-order chi connectivity index (χ1) is 24.5. The number of anilines is 1. The lowest BCUT2D eigenvalue weighted by Gasteiger charge is -2.19. The summed E-state index contributed by atoms with van der Waals surface area (Å²) in [5.41, 5.74) is 6.48. The number of nitrogens with zero attached hydrogens (tertiary/aromatic N) is 2. The van der Waals surface area contributed by atoms with E-state index in [0.29, 0.717) is 49.0 Å². The van der Waals surface area contributed by atoms with E-state index in [9.17, 15) is 25.9 Å². The summed E-state index contributed by atoms with van der Waals surface area (Å²) in [5, 5.41) is 0. The summed E-state index contributed by atoms with van der Waals surface area (Å²) in [7, 11) is -8.60. The van der Waals surface area contributed by atoms with Crippen molar-refractivity contribution in [3.63, 3.8) is 0 Å². The fourth-order valence-corrected chi connectivity index (χ4v) is 7.08. The number of rotatable bonds is 15. The highest BCUT2D eigenvalue weighted by Crippen LogP contribution is 2.41. The molecule has 0 amide bonds. The molecule has 0 atom stereocenters. The highest BCUT2D eigenvalue weighted by atomic mass is 32.2. The van der Waals surface area contributed by atoms with Crippen molar-refractivity contribution in [2.24, 2.45) is 0 Å². The van der Waals surface area contributed by atoms with Crippen molar-refractivity contribution < 1.29 is 39.7 Å². The second-order valence-electron chi connectivity index (χ2n) is 12.1. The molecule has 0 bridgehead atoms. The number of aryl methyl sites for hydroxylation is 1. The van der Waals surface area contributed by atoms with Crippen LogP contribution in [0.25, 0.3) is 39.4 Å². The molecule has 1 aliphatic rings. The predicted molar refractivity (Wildman–Crippen MR) is 202 cm³/mol. The van der Waals surface area contributed by atoms with Crippen LogP contribution < -0.4 is 14.2 Å². The molecule has 10 nitrogen and oxygen atoms in total. The van der Waals surface area contributed by atoms with Gasteiger partial charge in [-0.3, -0.25) is 0 Å². The molecule has 2 heterocycles. The Morgan fingerprint density at radius 3 is 1.94 bits per heavy atom. The zero-order valence-electron chi connectivity index (χ0n) is 27.8. The first-order valence-corrected chi connectivity index (χ1v) is 19.8. The van der Waals surface area contributed by atoms with Crippen LogP contribution in [0.1, 0.15) is 39.0 Å². The maximum Gasteiger partial charge on any atom is 0.374 e. The number of ether oxygens (including phenoxy) is 1. The standard InChI is InChI=1S/C39H38N2O8S2.CH4/c42-50(43,44)26-12-10-24-40-34-28-32(30-14-4-1-5-15-30)20-22-36(34)48-38(40)18-8-3-9-19-39-41(25-11-13-27-51(45,46)47)35-29-33(21-23-37(35)49-39)31-16-6-2-7-17-31;/h1-9,14-23,28-29H,10-13,24-27H2,(H-,42,43,44,45,46,47);1H4/p-1. The molecule has 0 spiro atoms. The van der Waals surface area contributed by atoms with Crippen LogP contribution >= 0.6 is 0 Å². The molecular formula is C40H41N2O8S2-. The van der Waals surface area contributed by atoms with Gasteiger partial charge in [-0.05, 0) is 65.8 Å². The van der Waals surface area contributed by atoms with Gasteiger partial charge in [0.1, 0.15) is 0 Å². The molecule has 5 aromatic rings. The molecule has 0 aliphatic carbocycles. The van der Waals surface area contributed by atoms with Gasteiger partial charge < -0.3 is 23.2 Å². The highest BCUT2D eigenvalue weighted by molar-refractivity contribution is 7.85. The molecule has 52 heavy (non-hydrogen) atoms. The predicted octanol–water partition coefficient (Wildman–Crippen LogP) is 7.65. The largest absolute Gasteiger partial charge is 0.748 e. The van der Waals surface area contributed by atoms with Crippen LogP contribution in [0, 0.1) is 0 Å². The smallest absolute Gasteiger partial charge is 0.374 e. The molecule has 272 valence electrons. The first kappa shape index (κ1) is 38.2. The lowest BCUT2D eigenvalue weighted by Crippen LogP contribution is -2.35. The summed E-state index contributed by atoms with van der Waals surface area (Å²) in [5.74, 6) is 0.949. The molecule has 1 aromatic heterocycles. The number of aromatic nitrogens is 1. The number of hydrogen-bond donors (Lipinski definition) is 0. The Bertz CT molecular complexity index is 2300. The summed E-state index contributed by atoms with van der Waals surface area (Å²) in [6.07, 6.45) is 10.5. The van der Waals surface area contributed by atoms with E-state index in [1.807, 2.05) is 137 Å². The average molecular weight is 742 g/mol. The van der Waals surface area contributed by atoms with E-state index in [4.69, 9.17) is 9.15 Å². The number of fused-ring (bicyclic) bond motifs is 2. The van der Waals surface area contributed by atoms with E-state index in [1.54, 1.807) is 0 Å². The van der Waals surface area contributed by atoms with Gasteiger partial charge in [0, 0.05) is 30.5 Å². The molecule has 0 radical (unpaired) electrons. The number of oxazole rings is 1. The summed E-state index contributed by atoms with van der Waals surface area (Å²) in [6, 6.07) is 31.8. The van der Waals surface area contributed by atoms with Crippen LogP contribution in [-0.4, -0.2) is 44.0 Å². The number of benzene rings is 4. The molecule has 0 fully saturated rings. The molecule has 1 aliphatic heterocycles. The monoisotopic (exact) mass is 741 g/mol.